The molecule has 0 fully saturated rings. The average Bonchev–Trinajstić information content (AvgIpc) is 3.39. The van der Waals surface area contributed by atoms with Crippen molar-refractivity contribution in [1.82, 2.24) is 19.7 Å². The maximum Gasteiger partial charge on any atom is 0.212 e. The van der Waals surface area contributed by atoms with Crippen molar-refractivity contribution in [2.45, 2.75) is 11.1 Å². The fraction of sp³-hybridized carbons (Fsp3) is 0.318. The molecule has 0 saturated heterocycles. The summed E-state index contributed by atoms with van der Waals surface area (Å²) in [5.74, 6) is 1.93. The summed E-state index contributed by atoms with van der Waals surface area (Å²) >= 11 is 0.326. The van der Waals surface area contributed by atoms with Crippen LogP contribution >= 0.6 is 11.3 Å². The van der Waals surface area contributed by atoms with Crippen LogP contribution in [0.4, 0.5) is 5.82 Å². The maximum absolute atomic E-state index is 12.9. The fourth-order valence-electron chi connectivity index (χ4n) is 3.84. The van der Waals surface area contributed by atoms with E-state index in [0.29, 0.717) is 19.0 Å². The number of methoxy groups -OCH3 is 1. The van der Waals surface area contributed by atoms with Crippen molar-refractivity contribution < 1.29 is 14.0 Å². The van der Waals surface area contributed by atoms with Crippen molar-refractivity contribution in [3.63, 3.8) is 0 Å². The molecule has 166 valence electrons. The molecular weight excluding hydrogens is 446 g/mol. The van der Waals surface area contributed by atoms with Crippen molar-refractivity contribution >= 4 is 38.5 Å². The highest BCUT2D eigenvalue weighted by Crippen LogP contribution is 2.41. The van der Waals surface area contributed by atoms with Crippen molar-refractivity contribution in [3.05, 3.63) is 36.2 Å². The van der Waals surface area contributed by atoms with E-state index in [-0.39, 0.29) is 0 Å². The monoisotopic (exact) mass is 469 g/mol. The highest BCUT2D eigenvalue weighted by molar-refractivity contribution is 7.93. The number of hydrogen-bond acceptors (Lipinski definition) is 8. The summed E-state index contributed by atoms with van der Waals surface area (Å²) in [5.41, 5.74) is 4.62. The highest BCUT2D eigenvalue weighted by atomic mass is 32.2. The Balaban J connectivity index is 1.69. The van der Waals surface area contributed by atoms with Gasteiger partial charge in [0, 0.05) is 48.6 Å². The minimum Gasteiger partial charge on any atom is -0.611 e. The summed E-state index contributed by atoms with van der Waals surface area (Å²) in [4.78, 5) is 10.3. The van der Waals surface area contributed by atoms with Gasteiger partial charge >= 0.3 is 0 Å². The predicted octanol–water partition coefficient (Wildman–Crippen LogP) is 3.63. The van der Waals surface area contributed by atoms with Crippen LogP contribution in [0.5, 0.6) is 5.75 Å². The smallest absolute Gasteiger partial charge is 0.212 e. The van der Waals surface area contributed by atoms with Gasteiger partial charge in [-0.2, -0.15) is 5.10 Å². The second kappa shape index (κ2) is 8.70. The third-order valence-corrected chi connectivity index (χ3v) is 8.48. The van der Waals surface area contributed by atoms with Gasteiger partial charge in [0.25, 0.3) is 0 Å². The Morgan fingerprint density at radius 3 is 3.03 bits per heavy atom. The van der Waals surface area contributed by atoms with Crippen LogP contribution in [0.2, 0.25) is 0 Å². The van der Waals surface area contributed by atoms with Crippen LogP contribution in [0.1, 0.15) is 5.56 Å². The molecule has 0 saturated carbocycles. The van der Waals surface area contributed by atoms with Gasteiger partial charge in [-0.15, -0.1) is 0 Å². The summed E-state index contributed by atoms with van der Waals surface area (Å²) < 4.78 is 26.5. The summed E-state index contributed by atoms with van der Waals surface area (Å²) in [5, 5.41) is 8.60. The van der Waals surface area contributed by atoms with Crippen LogP contribution in [0.3, 0.4) is 0 Å². The maximum atomic E-state index is 12.9. The standard InChI is InChI=1S/C22H23N5O3S2/c1-13-19-15(17-4-5-25-27(17)2)11-16(14-10-18-20(24-12-14)23-6-7-30-18)26-21(19)31-22(13)32(28)9-8-29-3/h4-5,10-12H,6-9H2,1-3H3,(H,23,24). The number of thiophene rings is 1. The quantitative estimate of drug-likeness (QED) is 0.431. The molecule has 1 atom stereocenters. The molecule has 5 rings (SSSR count). The third-order valence-electron chi connectivity index (χ3n) is 5.43. The Bertz CT molecular complexity index is 1290. The molecule has 32 heavy (non-hydrogen) atoms. The van der Waals surface area contributed by atoms with Crippen molar-refractivity contribution in [2.75, 3.05) is 37.9 Å². The van der Waals surface area contributed by atoms with E-state index in [2.05, 4.69) is 21.5 Å². The van der Waals surface area contributed by atoms with Gasteiger partial charge in [-0.25, -0.2) is 9.97 Å². The largest absolute Gasteiger partial charge is 0.611 e. The van der Waals surface area contributed by atoms with Crippen LogP contribution in [-0.4, -0.2) is 56.9 Å². The number of nitrogens with zero attached hydrogens (tertiary/aromatic N) is 4. The zero-order chi connectivity index (χ0) is 22.2. The molecule has 0 spiro atoms. The molecule has 5 heterocycles. The zero-order valence-corrected chi connectivity index (χ0v) is 19.7. The first-order valence-corrected chi connectivity index (χ1v) is 12.4. The molecule has 4 aromatic rings. The zero-order valence-electron chi connectivity index (χ0n) is 18.0. The third kappa shape index (κ3) is 3.73. The van der Waals surface area contributed by atoms with E-state index in [9.17, 15) is 4.55 Å². The van der Waals surface area contributed by atoms with Gasteiger partial charge in [0.15, 0.2) is 11.6 Å². The van der Waals surface area contributed by atoms with E-state index in [1.165, 1.54) is 11.3 Å². The topological polar surface area (TPSA) is 97.2 Å². The number of aryl methyl sites for hydroxylation is 2. The van der Waals surface area contributed by atoms with Gasteiger partial charge in [-0.05, 0) is 36.3 Å². The van der Waals surface area contributed by atoms with E-state index in [1.807, 2.05) is 30.8 Å². The molecule has 1 N–H and O–H groups in total. The second-order valence-corrected chi connectivity index (χ2v) is 10.2. The number of fused-ring (bicyclic) bond motifs is 2. The van der Waals surface area contributed by atoms with Gasteiger partial charge in [0.05, 0.1) is 24.5 Å². The molecule has 10 heteroatoms. The Hall–Kier alpha value is -2.66. The molecule has 0 amide bonds. The molecular formula is C22H23N5O3S2. The van der Waals surface area contributed by atoms with Crippen LogP contribution in [0.25, 0.3) is 32.7 Å². The molecule has 8 nitrogen and oxygen atoms in total. The summed E-state index contributed by atoms with van der Waals surface area (Å²) in [6.45, 7) is 3.81. The molecule has 0 aromatic carbocycles. The molecule has 4 aromatic heterocycles. The predicted molar refractivity (Wildman–Crippen MR) is 127 cm³/mol. The van der Waals surface area contributed by atoms with Crippen LogP contribution in [0.15, 0.2) is 34.8 Å². The van der Waals surface area contributed by atoms with Gasteiger partial charge < -0.3 is 19.3 Å². The lowest BCUT2D eigenvalue weighted by Gasteiger charge is -2.18. The van der Waals surface area contributed by atoms with Gasteiger partial charge in [0.1, 0.15) is 17.2 Å². The lowest BCUT2D eigenvalue weighted by Crippen LogP contribution is -2.18. The Labute approximate surface area is 192 Å². The fourth-order valence-corrected chi connectivity index (χ4v) is 6.58. The summed E-state index contributed by atoms with van der Waals surface area (Å²) in [7, 11) is 3.54. The number of anilines is 1. The minimum atomic E-state index is -1.15. The molecule has 1 aliphatic rings. The number of rotatable bonds is 6. The van der Waals surface area contributed by atoms with Gasteiger partial charge in [-0.3, -0.25) is 4.68 Å². The Morgan fingerprint density at radius 1 is 1.38 bits per heavy atom. The van der Waals surface area contributed by atoms with Crippen LogP contribution in [-0.2, 0) is 23.0 Å². The van der Waals surface area contributed by atoms with E-state index >= 15 is 0 Å². The number of ether oxygens (including phenoxy) is 2. The van der Waals surface area contributed by atoms with E-state index in [4.69, 9.17) is 14.5 Å². The summed E-state index contributed by atoms with van der Waals surface area (Å²) in [6.07, 6.45) is 3.58. The number of pyridine rings is 2. The van der Waals surface area contributed by atoms with Crippen LogP contribution in [0, 0.1) is 6.92 Å². The van der Waals surface area contributed by atoms with E-state index in [0.717, 1.165) is 60.6 Å². The second-order valence-electron chi connectivity index (χ2n) is 7.48. The Morgan fingerprint density at radius 2 is 2.25 bits per heavy atom. The number of aromatic nitrogens is 4. The first-order valence-electron chi connectivity index (χ1n) is 10.2. The summed E-state index contributed by atoms with van der Waals surface area (Å²) in [6, 6.07) is 6.00. The molecule has 0 radical (unpaired) electrons. The van der Waals surface area contributed by atoms with Gasteiger partial charge in [0.2, 0.25) is 4.21 Å². The average molecular weight is 470 g/mol. The number of hydrogen-bond donors (Lipinski definition) is 1. The molecule has 1 unspecified atom stereocenters. The van der Waals surface area contributed by atoms with Crippen molar-refractivity contribution in [1.29, 1.82) is 0 Å². The minimum absolute atomic E-state index is 0.447. The van der Waals surface area contributed by atoms with Crippen molar-refractivity contribution in [2.24, 2.45) is 7.05 Å². The molecule has 0 aliphatic carbocycles. The number of nitrogens with one attached hydrogen (secondary N) is 1. The van der Waals surface area contributed by atoms with Crippen molar-refractivity contribution in [3.8, 4) is 28.3 Å². The first-order chi connectivity index (χ1) is 15.6. The Kier molecular flexibility index (Phi) is 5.76. The first kappa shape index (κ1) is 21.2. The molecule has 0 bridgehead atoms. The highest BCUT2D eigenvalue weighted by Gasteiger charge is 2.25. The lowest BCUT2D eigenvalue weighted by molar-refractivity contribution is 0.217. The molecule has 1 aliphatic heterocycles. The lowest BCUT2D eigenvalue weighted by atomic mass is 10.0. The normalized spacial score (nSPS) is 14.1. The van der Waals surface area contributed by atoms with Gasteiger partial charge in [-0.1, -0.05) is 11.3 Å². The van der Waals surface area contributed by atoms with E-state index in [1.54, 1.807) is 19.5 Å². The van der Waals surface area contributed by atoms with Crippen LogP contribution < -0.4 is 10.1 Å². The van der Waals surface area contributed by atoms with E-state index < -0.39 is 11.2 Å². The SMILES string of the molecule is COCC[S+]([O-])c1sc2nc(-c3cnc4c(c3)OCCN4)cc(-c3ccnn3C)c2c1C.